The predicted molar refractivity (Wildman–Crippen MR) is 79.0 cm³/mol. The number of ether oxygens (including phenoxy) is 1. The van der Waals surface area contributed by atoms with Crippen LogP contribution < -0.4 is 4.90 Å². The summed E-state index contributed by atoms with van der Waals surface area (Å²) in [6, 6.07) is 10.5. The van der Waals surface area contributed by atoms with Crippen LogP contribution in [0.15, 0.2) is 40.9 Å². The molecular weight excluding hydrogens is 250 g/mol. The standard InChI is InChI=1S/C16H17N3O/c17-12-14-2-1-7-18-16(14)13-3-5-15(6-4-13)19-8-10-20-11-9-19/h2-7,16H,1,8-11H2. The van der Waals surface area contributed by atoms with Gasteiger partial charge in [0.05, 0.1) is 24.9 Å². The molecule has 4 nitrogen and oxygen atoms in total. The molecule has 4 heteroatoms. The quantitative estimate of drug-likeness (QED) is 0.827. The summed E-state index contributed by atoms with van der Waals surface area (Å²) >= 11 is 0. The van der Waals surface area contributed by atoms with Crippen LogP contribution in [-0.4, -0.2) is 32.5 Å². The summed E-state index contributed by atoms with van der Waals surface area (Å²) in [7, 11) is 0. The largest absolute Gasteiger partial charge is 0.378 e. The summed E-state index contributed by atoms with van der Waals surface area (Å²) in [5.41, 5.74) is 3.02. The summed E-state index contributed by atoms with van der Waals surface area (Å²) in [6.07, 6.45) is 4.58. The molecule has 3 rings (SSSR count). The van der Waals surface area contributed by atoms with E-state index in [1.54, 1.807) is 0 Å². The summed E-state index contributed by atoms with van der Waals surface area (Å²) in [4.78, 5) is 6.76. The third kappa shape index (κ3) is 2.59. The number of benzene rings is 1. The van der Waals surface area contributed by atoms with Crippen molar-refractivity contribution in [1.29, 1.82) is 5.26 Å². The zero-order chi connectivity index (χ0) is 13.8. The second-order valence-electron chi connectivity index (χ2n) is 4.93. The molecule has 1 fully saturated rings. The maximum Gasteiger partial charge on any atom is 0.109 e. The van der Waals surface area contributed by atoms with Gasteiger partial charge >= 0.3 is 0 Å². The first-order valence-electron chi connectivity index (χ1n) is 6.93. The number of dihydropyridines is 1. The molecule has 1 aromatic rings. The van der Waals surface area contributed by atoms with Gasteiger partial charge in [0.1, 0.15) is 6.04 Å². The van der Waals surface area contributed by atoms with Gasteiger partial charge in [-0.1, -0.05) is 18.2 Å². The fourth-order valence-corrected chi connectivity index (χ4v) is 2.60. The number of hydrogen-bond donors (Lipinski definition) is 0. The molecular formula is C16H17N3O. The van der Waals surface area contributed by atoms with Crippen molar-refractivity contribution in [3.8, 4) is 6.07 Å². The van der Waals surface area contributed by atoms with E-state index in [9.17, 15) is 0 Å². The second kappa shape index (κ2) is 5.89. The lowest BCUT2D eigenvalue weighted by atomic mass is 9.97. The second-order valence-corrected chi connectivity index (χ2v) is 4.93. The Morgan fingerprint density at radius 1 is 1.20 bits per heavy atom. The SMILES string of the molecule is N#CC1=CCC=NC1c1ccc(N2CCOCC2)cc1. The molecule has 0 saturated carbocycles. The summed E-state index contributed by atoms with van der Waals surface area (Å²) < 4.78 is 5.36. The van der Waals surface area contributed by atoms with Crippen LogP contribution in [0.2, 0.25) is 0 Å². The third-order valence-corrected chi connectivity index (χ3v) is 3.71. The Bertz CT molecular complexity index is 562. The fourth-order valence-electron chi connectivity index (χ4n) is 2.60. The predicted octanol–water partition coefficient (Wildman–Crippen LogP) is 2.49. The van der Waals surface area contributed by atoms with E-state index in [4.69, 9.17) is 10.00 Å². The maximum absolute atomic E-state index is 9.17. The van der Waals surface area contributed by atoms with Gasteiger partial charge in [-0.3, -0.25) is 4.99 Å². The summed E-state index contributed by atoms with van der Waals surface area (Å²) in [5.74, 6) is 0. The molecule has 0 radical (unpaired) electrons. The lowest BCUT2D eigenvalue weighted by Crippen LogP contribution is -2.36. The molecule has 20 heavy (non-hydrogen) atoms. The molecule has 2 heterocycles. The van der Waals surface area contributed by atoms with Gasteiger partial charge in [-0.05, 0) is 17.7 Å². The first-order valence-corrected chi connectivity index (χ1v) is 6.93. The lowest BCUT2D eigenvalue weighted by Gasteiger charge is -2.29. The van der Waals surface area contributed by atoms with Crippen LogP contribution in [0.3, 0.4) is 0 Å². The Morgan fingerprint density at radius 3 is 2.65 bits per heavy atom. The minimum absolute atomic E-state index is 0.132. The van der Waals surface area contributed by atoms with Crippen LogP contribution in [0.1, 0.15) is 18.0 Å². The van der Waals surface area contributed by atoms with Gasteiger partial charge in [-0.15, -0.1) is 0 Å². The van der Waals surface area contributed by atoms with Crippen LogP contribution in [0.5, 0.6) is 0 Å². The van der Waals surface area contributed by atoms with Gasteiger partial charge in [0.2, 0.25) is 0 Å². The van der Waals surface area contributed by atoms with Crippen LogP contribution in [0, 0.1) is 11.3 Å². The highest BCUT2D eigenvalue weighted by atomic mass is 16.5. The molecule has 1 atom stereocenters. The minimum Gasteiger partial charge on any atom is -0.378 e. The van der Waals surface area contributed by atoms with Gasteiger partial charge in [0, 0.05) is 31.4 Å². The molecule has 1 saturated heterocycles. The first kappa shape index (κ1) is 12.9. The molecule has 0 bridgehead atoms. The molecule has 1 unspecified atom stereocenters. The molecule has 2 aliphatic rings. The molecule has 1 aromatic carbocycles. The number of morpholine rings is 1. The van der Waals surface area contributed by atoms with Gasteiger partial charge in [0.25, 0.3) is 0 Å². The van der Waals surface area contributed by atoms with E-state index in [0.717, 1.165) is 43.9 Å². The molecule has 0 amide bonds. The van der Waals surface area contributed by atoms with Crippen molar-refractivity contribution in [3.05, 3.63) is 41.5 Å². The fraction of sp³-hybridized carbons (Fsp3) is 0.375. The first-order chi connectivity index (χ1) is 9.88. The number of nitriles is 1. The van der Waals surface area contributed by atoms with Crippen molar-refractivity contribution in [2.24, 2.45) is 4.99 Å². The smallest absolute Gasteiger partial charge is 0.109 e. The van der Waals surface area contributed by atoms with Gasteiger partial charge in [-0.2, -0.15) is 5.26 Å². The highest BCUT2D eigenvalue weighted by molar-refractivity contribution is 5.64. The van der Waals surface area contributed by atoms with Gasteiger partial charge in [0.15, 0.2) is 0 Å². The van der Waals surface area contributed by atoms with E-state index in [0.29, 0.717) is 0 Å². The minimum atomic E-state index is -0.132. The topological polar surface area (TPSA) is 48.6 Å². The average molecular weight is 267 g/mol. The lowest BCUT2D eigenvalue weighted by molar-refractivity contribution is 0.122. The number of rotatable bonds is 2. The third-order valence-electron chi connectivity index (χ3n) is 3.71. The van der Waals surface area contributed by atoms with E-state index >= 15 is 0 Å². The molecule has 2 aliphatic heterocycles. The van der Waals surface area contributed by atoms with E-state index in [-0.39, 0.29) is 6.04 Å². The van der Waals surface area contributed by atoms with Crippen molar-refractivity contribution in [3.63, 3.8) is 0 Å². The number of anilines is 1. The Balaban J connectivity index is 1.79. The molecule has 0 aromatic heterocycles. The highest BCUT2D eigenvalue weighted by Crippen LogP contribution is 2.29. The Hall–Kier alpha value is -2.12. The van der Waals surface area contributed by atoms with E-state index in [1.165, 1.54) is 5.69 Å². The normalized spacial score (nSPS) is 22.2. The van der Waals surface area contributed by atoms with Crippen molar-refractivity contribution in [1.82, 2.24) is 0 Å². The van der Waals surface area contributed by atoms with Gasteiger partial charge < -0.3 is 9.64 Å². The number of nitrogens with zero attached hydrogens (tertiary/aromatic N) is 3. The van der Waals surface area contributed by atoms with E-state index in [1.807, 2.05) is 12.3 Å². The number of hydrogen-bond acceptors (Lipinski definition) is 4. The Kier molecular flexibility index (Phi) is 3.80. The number of allylic oxidation sites excluding steroid dienone is 1. The average Bonchev–Trinajstić information content (AvgIpc) is 2.56. The van der Waals surface area contributed by atoms with Crippen LogP contribution in [0.4, 0.5) is 5.69 Å². The highest BCUT2D eigenvalue weighted by Gasteiger charge is 2.18. The zero-order valence-electron chi connectivity index (χ0n) is 11.3. The van der Waals surface area contributed by atoms with Crippen LogP contribution >= 0.6 is 0 Å². The molecule has 0 spiro atoms. The van der Waals surface area contributed by atoms with E-state index < -0.39 is 0 Å². The van der Waals surface area contributed by atoms with Gasteiger partial charge in [-0.25, -0.2) is 0 Å². The monoisotopic (exact) mass is 267 g/mol. The molecule has 0 N–H and O–H groups in total. The Morgan fingerprint density at radius 2 is 1.95 bits per heavy atom. The van der Waals surface area contributed by atoms with Crippen LogP contribution in [-0.2, 0) is 4.74 Å². The Labute approximate surface area is 119 Å². The summed E-state index contributed by atoms with van der Waals surface area (Å²) in [6.45, 7) is 3.44. The van der Waals surface area contributed by atoms with Crippen molar-refractivity contribution in [2.75, 3.05) is 31.2 Å². The molecule has 102 valence electrons. The maximum atomic E-state index is 9.17. The van der Waals surface area contributed by atoms with Crippen LogP contribution in [0.25, 0.3) is 0 Å². The van der Waals surface area contributed by atoms with E-state index in [2.05, 4.69) is 40.2 Å². The van der Waals surface area contributed by atoms with Crippen molar-refractivity contribution >= 4 is 11.9 Å². The van der Waals surface area contributed by atoms with Crippen molar-refractivity contribution in [2.45, 2.75) is 12.5 Å². The zero-order valence-corrected chi connectivity index (χ0v) is 11.3. The summed E-state index contributed by atoms with van der Waals surface area (Å²) in [5, 5.41) is 9.17. The number of aliphatic imine (C=N–C) groups is 1. The molecule has 0 aliphatic carbocycles. The van der Waals surface area contributed by atoms with Crippen molar-refractivity contribution < 1.29 is 4.74 Å².